The maximum absolute atomic E-state index is 13.4. The van der Waals surface area contributed by atoms with Crippen molar-refractivity contribution in [2.75, 3.05) is 26.7 Å². The van der Waals surface area contributed by atoms with Crippen molar-refractivity contribution >= 4 is 11.9 Å². The van der Waals surface area contributed by atoms with Crippen molar-refractivity contribution < 1.29 is 23.5 Å². The molecule has 0 spiro atoms. The van der Waals surface area contributed by atoms with E-state index in [4.69, 9.17) is 19.6 Å². The Morgan fingerprint density at radius 1 is 1.03 bits per heavy atom. The highest BCUT2D eigenvalue weighted by molar-refractivity contribution is 5.98. The van der Waals surface area contributed by atoms with E-state index in [2.05, 4.69) is 5.32 Å². The van der Waals surface area contributed by atoms with E-state index < -0.39 is 18.1 Å². The van der Waals surface area contributed by atoms with Gasteiger partial charge in [0.2, 0.25) is 0 Å². The van der Waals surface area contributed by atoms with E-state index in [1.54, 1.807) is 31.6 Å². The van der Waals surface area contributed by atoms with E-state index in [0.29, 0.717) is 49.5 Å². The van der Waals surface area contributed by atoms with Crippen molar-refractivity contribution in [3.8, 4) is 5.75 Å². The summed E-state index contributed by atoms with van der Waals surface area (Å²) in [6, 6.07) is 16.1. The second-order valence-corrected chi connectivity index (χ2v) is 9.75. The first-order valence-corrected chi connectivity index (χ1v) is 13.6. The first-order valence-electron chi connectivity index (χ1n) is 13.6. The molecule has 0 radical (unpaired) electrons. The summed E-state index contributed by atoms with van der Waals surface area (Å²) < 4.78 is 16.7. The molecule has 8 heteroatoms. The number of ether oxygens (including phenoxy) is 2. The van der Waals surface area contributed by atoms with Crippen LogP contribution in [0.25, 0.3) is 0 Å². The number of benzene rings is 2. The molecular weight excluding hydrogens is 494 g/mol. The fraction of sp³-hybridized carbons (Fsp3) is 0.419. The average Bonchev–Trinajstić information content (AvgIpc) is 3.44. The number of nitrogens with one attached hydrogen (secondary N) is 1. The highest BCUT2D eigenvalue weighted by Gasteiger charge is 2.25. The molecule has 1 amide bonds. The van der Waals surface area contributed by atoms with Gasteiger partial charge in [-0.25, -0.2) is 4.79 Å². The monoisotopic (exact) mass is 535 g/mol. The Morgan fingerprint density at radius 3 is 2.44 bits per heavy atom. The zero-order valence-electron chi connectivity index (χ0n) is 23.4. The first kappa shape index (κ1) is 29.9. The van der Waals surface area contributed by atoms with Gasteiger partial charge in [0, 0.05) is 44.2 Å². The summed E-state index contributed by atoms with van der Waals surface area (Å²) in [4.78, 5) is 28.4. The number of hydrogen-bond donors (Lipinski definition) is 2. The Labute approximate surface area is 231 Å². The number of rotatable bonds is 15. The number of furan rings is 1. The summed E-state index contributed by atoms with van der Waals surface area (Å²) in [5, 5.41) is 3.35. The van der Waals surface area contributed by atoms with Gasteiger partial charge in [0.05, 0.1) is 18.9 Å². The summed E-state index contributed by atoms with van der Waals surface area (Å²) in [7, 11) is 1.63. The molecule has 1 aromatic heterocycles. The molecule has 3 N–H and O–H groups in total. The minimum Gasteiger partial charge on any atom is -0.497 e. The molecule has 3 aromatic rings. The lowest BCUT2D eigenvalue weighted by Gasteiger charge is -2.25. The third-order valence-electron chi connectivity index (χ3n) is 6.40. The van der Waals surface area contributed by atoms with Crippen LogP contribution in [0.5, 0.6) is 5.75 Å². The summed E-state index contributed by atoms with van der Waals surface area (Å²) in [5.74, 6) is 0.885. The molecule has 0 unspecified atom stereocenters. The van der Waals surface area contributed by atoms with Crippen molar-refractivity contribution in [1.82, 2.24) is 10.2 Å². The minimum absolute atomic E-state index is 0.0810. The lowest BCUT2D eigenvalue weighted by atomic mass is 10.0. The maximum Gasteiger partial charge on any atom is 0.338 e. The van der Waals surface area contributed by atoms with Gasteiger partial charge < -0.3 is 29.8 Å². The summed E-state index contributed by atoms with van der Waals surface area (Å²) in [6.45, 7) is 8.18. The molecule has 1 heterocycles. The molecule has 2 aromatic carbocycles. The van der Waals surface area contributed by atoms with Gasteiger partial charge in [-0.2, -0.15) is 0 Å². The number of nitrogens with zero attached hydrogens (tertiary/aromatic N) is 1. The van der Waals surface area contributed by atoms with Crippen LogP contribution in [0.15, 0.2) is 65.3 Å². The van der Waals surface area contributed by atoms with Crippen LogP contribution in [-0.2, 0) is 17.7 Å². The maximum atomic E-state index is 13.4. The smallest absolute Gasteiger partial charge is 0.338 e. The summed E-state index contributed by atoms with van der Waals surface area (Å²) in [5.41, 5.74) is 9.17. The number of hydrogen-bond acceptors (Lipinski definition) is 7. The topological polar surface area (TPSA) is 107 Å². The second-order valence-electron chi connectivity index (χ2n) is 9.75. The van der Waals surface area contributed by atoms with Gasteiger partial charge in [-0.15, -0.1) is 0 Å². The van der Waals surface area contributed by atoms with Gasteiger partial charge in [0.25, 0.3) is 5.91 Å². The van der Waals surface area contributed by atoms with Crippen LogP contribution in [0.3, 0.4) is 0 Å². The van der Waals surface area contributed by atoms with Gasteiger partial charge >= 0.3 is 5.97 Å². The molecule has 0 saturated carbocycles. The average molecular weight is 536 g/mol. The molecular formula is C31H41N3O5. The van der Waals surface area contributed by atoms with Crippen molar-refractivity contribution in [2.24, 2.45) is 5.73 Å². The van der Waals surface area contributed by atoms with Crippen LogP contribution < -0.4 is 15.8 Å². The predicted octanol–water partition coefficient (Wildman–Crippen LogP) is 4.74. The molecule has 0 saturated heterocycles. The molecule has 2 atom stereocenters. The van der Waals surface area contributed by atoms with Crippen LogP contribution in [0.4, 0.5) is 0 Å². The summed E-state index contributed by atoms with van der Waals surface area (Å²) in [6.07, 6.45) is 3.10. The fourth-order valence-corrected chi connectivity index (χ4v) is 4.48. The van der Waals surface area contributed by atoms with E-state index in [1.807, 2.05) is 62.1 Å². The highest BCUT2D eigenvalue weighted by atomic mass is 16.5. The Balaban J connectivity index is 1.75. The van der Waals surface area contributed by atoms with Crippen molar-refractivity contribution in [1.29, 1.82) is 0 Å². The quantitative estimate of drug-likeness (QED) is 0.271. The first-order chi connectivity index (χ1) is 18.8. The Bertz CT molecular complexity index is 1190. The number of carbonyl (C=O) groups is 2. The van der Waals surface area contributed by atoms with Gasteiger partial charge in [-0.3, -0.25) is 4.79 Å². The highest BCUT2D eigenvalue weighted by Crippen LogP contribution is 2.17. The molecule has 8 nitrogen and oxygen atoms in total. The minimum atomic E-state index is -0.635. The largest absolute Gasteiger partial charge is 0.497 e. The summed E-state index contributed by atoms with van der Waals surface area (Å²) >= 11 is 0. The van der Waals surface area contributed by atoms with E-state index >= 15 is 0 Å². The fourth-order valence-electron chi connectivity index (χ4n) is 4.48. The number of amides is 1. The number of methoxy groups -OCH3 is 1. The van der Waals surface area contributed by atoms with Crippen LogP contribution in [0.2, 0.25) is 0 Å². The molecule has 0 aliphatic carbocycles. The molecule has 0 fully saturated rings. The molecule has 210 valence electrons. The zero-order valence-corrected chi connectivity index (χ0v) is 23.4. The van der Waals surface area contributed by atoms with Crippen molar-refractivity contribution in [2.45, 2.75) is 58.7 Å². The molecule has 0 aliphatic rings. The Morgan fingerprint density at radius 2 is 1.77 bits per heavy atom. The third kappa shape index (κ3) is 8.97. The van der Waals surface area contributed by atoms with Gasteiger partial charge in [0.15, 0.2) is 0 Å². The Kier molecular flexibility index (Phi) is 11.6. The van der Waals surface area contributed by atoms with Crippen LogP contribution in [0, 0.1) is 6.92 Å². The molecule has 39 heavy (non-hydrogen) atoms. The second kappa shape index (κ2) is 15.1. The number of esters is 1. The normalized spacial score (nSPS) is 12.5. The number of aryl methyl sites for hydroxylation is 1. The lowest BCUT2D eigenvalue weighted by molar-refractivity contribution is 0.0234. The van der Waals surface area contributed by atoms with Gasteiger partial charge in [0.1, 0.15) is 17.6 Å². The van der Waals surface area contributed by atoms with Gasteiger partial charge in [-0.05, 0) is 73.4 Å². The van der Waals surface area contributed by atoms with Crippen LogP contribution >= 0.6 is 0 Å². The molecule has 0 bridgehead atoms. The van der Waals surface area contributed by atoms with Gasteiger partial charge in [-0.1, -0.05) is 26.0 Å². The standard InChI is InChI=1S/C31H41N3O5/c1-5-12-34(13-6-2)30(35)24-15-22(3)16-25(18-24)31(36)39-29(28(32)19-27-11-8-14-38-27)21-33-20-23-9-7-10-26(17-23)37-4/h7-11,14-18,28-29,33H,5-6,12-13,19-21,32H2,1-4H3/t28-,29+/m0/s1. The van der Waals surface area contributed by atoms with E-state index in [-0.39, 0.29) is 5.91 Å². The van der Waals surface area contributed by atoms with E-state index in [1.165, 1.54) is 0 Å². The predicted molar refractivity (Wildman–Crippen MR) is 152 cm³/mol. The molecule has 0 aliphatic heterocycles. The molecule has 3 rings (SSSR count). The lowest BCUT2D eigenvalue weighted by Crippen LogP contribution is -2.45. The van der Waals surface area contributed by atoms with Crippen molar-refractivity contribution in [3.63, 3.8) is 0 Å². The number of nitrogens with two attached hydrogens (primary N) is 1. The van der Waals surface area contributed by atoms with E-state index in [9.17, 15) is 9.59 Å². The van der Waals surface area contributed by atoms with Crippen molar-refractivity contribution in [3.05, 3.63) is 88.9 Å². The van der Waals surface area contributed by atoms with E-state index in [0.717, 1.165) is 29.7 Å². The SMILES string of the molecule is CCCN(CCC)C(=O)c1cc(C)cc(C(=O)O[C@H](CNCc2cccc(OC)c2)[C@@H](N)Cc2ccco2)c1. The van der Waals surface area contributed by atoms with Crippen LogP contribution in [0.1, 0.15) is 64.3 Å². The third-order valence-corrected chi connectivity index (χ3v) is 6.40. The number of carbonyl (C=O) groups excluding carboxylic acids is 2. The zero-order chi connectivity index (χ0) is 28.2. The Hall–Kier alpha value is -3.62. The van der Waals surface area contributed by atoms with Crippen LogP contribution in [-0.4, -0.2) is 55.7 Å².